The molecule has 1 atom stereocenters. The van der Waals surface area contributed by atoms with E-state index in [0.717, 1.165) is 50.8 Å². The van der Waals surface area contributed by atoms with E-state index in [1.165, 1.54) is 17.7 Å². The third-order valence-electron chi connectivity index (χ3n) is 7.27. The largest absolute Gasteiger partial charge is 0.331 e. The van der Waals surface area contributed by atoms with Gasteiger partial charge in [0.15, 0.2) is 11.6 Å². The van der Waals surface area contributed by atoms with Crippen LogP contribution in [0.3, 0.4) is 0 Å². The summed E-state index contributed by atoms with van der Waals surface area (Å²) in [5.41, 5.74) is 2.53. The Balaban J connectivity index is 1.33. The molecule has 2 aliphatic rings. The molecule has 4 nitrogen and oxygen atoms in total. The molecule has 0 radical (unpaired) electrons. The van der Waals surface area contributed by atoms with Crippen molar-refractivity contribution in [2.75, 3.05) is 13.1 Å². The van der Waals surface area contributed by atoms with Crippen LogP contribution in [0.4, 0.5) is 8.78 Å². The van der Waals surface area contributed by atoms with Gasteiger partial charge in [-0.2, -0.15) is 0 Å². The van der Waals surface area contributed by atoms with Crippen LogP contribution in [0.25, 0.3) is 0 Å². The minimum Gasteiger partial charge on any atom is -0.331 e. The quantitative estimate of drug-likeness (QED) is 0.432. The second kappa shape index (κ2) is 10.6. The van der Waals surface area contributed by atoms with Crippen molar-refractivity contribution in [3.8, 4) is 0 Å². The molecule has 1 saturated heterocycles. The topological polar surface area (TPSA) is 36.4 Å². The molecule has 0 N–H and O–H groups in total. The van der Waals surface area contributed by atoms with Gasteiger partial charge in [-0.3, -0.25) is 14.7 Å². The van der Waals surface area contributed by atoms with Crippen molar-refractivity contribution in [2.24, 2.45) is 5.92 Å². The summed E-state index contributed by atoms with van der Waals surface area (Å²) in [6.07, 6.45) is 6.50. The molecule has 0 spiro atoms. The van der Waals surface area contributed by atoms with Crippen LogP contribution in [0.15, 0.2) is 72.9 Å². The number of carbonyl (C=O) groups is 1. The molecule has 0 unspecified atom stereocenters. The van der Waals surface area contributed by atoms with Gasteiger partial charge in [-0.25, -0.2) is 8.78 Å². The number of carbonyl (C=O) groups excluding carboxylic acids is 1. The van der Waals surface area contributed by atoms with Gasteiger partial charge in [0.1, 0.15) is 5.69 Å². The van der Waals surface area contributed by atoms with Crippen LogP contribution in [0.5, 0.6) is 0 Å². The van der Waals surface area contributed by atoms with Crippen LogP contribution in [-0.2, 0) is 13.0 Å². The molecule has 6 heteroatoms. The van der Waals surface area contributed by atoms with Gasteiger partial charge in [-0.05, 0) is 86.5 Å². The van der Waals surface area contributed by atoms with E-state index in [0.29, 0.717) is 18.2 Å². The molecule has 1 aliphatic carbocycles. The highest BCUT2D eigenvalue weighted by Crippen LogP contribution is 2.36. The Morgan fingerprint density at radius 2 is 1.66 bits per heavy atom. The Hall–Kier alpha value is -3.12. The van der Waals surface area contributed by atoms with Gasteiger partial charge < -0.3 is 4.90 Å². The van der Waals surface area contributed by atoms with E-state index in [9.17, 15) is 13.6 Å². The highest BCUT2D eigenvalue weighted by atomic mass is 19.2. The Bertz CT molecular complexity index is 1130. The molecule has 3 aromatic rings. The SMILES string of the molecule is O=C(c1ccccn1)N(C1CC1)[C@H](Cc1ccccc1)C1CCN(Cc2ccc(F)c(F)c2)CC1. The normalized spacial score (nSPS) is 17.8. The van der Waals surface area contributed by atoms with E-state index >= 15 is 0 Å². The first kappa shape index (κ1) is 23.6. The number of aromatic nitrogens is 1. The molecular formula is C29H31F2N3O. The summed E-state index contributed by atoms with van der Waals surface area (Å²) in [6, 6.07) is 20.4. The van der Waals surface area contributed by atoms with E-state index in [1.54, 1.807) is 12.3 Å². The number of rotatable bonds is 8. The van der Waals surface area contributed by atoms with Crippen LogP contribution in [0.2, 0.25) is 0 Å². The maximum Gasteiger partial charge on any atom is 0.272 e. The molecule has 1 saturated carbocycles. The summed E-state index contributed by atoms with van der Waals surface area (Å²) < 4.78 is 27.0. The summed E-state index contributed by atoms with van der Waals surface area (Å²) in [6.45, 7) is 2.34. The fraction of sp³-hybridized carbons (Fsp3) is 0.379. The van der Waals surface area contributed by atoms with Gasteiger partial charge in [0.05, 0.1) is 0 Å². The maximum absolute atomic E-state index is 13.7. The summed E-state index contributed by atoms with van der Waals surface area (Å²) in [4.78, 5) is 22.4. The molecule has 182 valence electrons. The van der Waals surface area contributed by atoms with Crippen LogP contribution >= 0.6 is 0 Å². The second-order valence-corrected chi connectivity index (χ2v) is 9.78. The standard InChI is InChI=1S/C29H31F2N3O/c30-25-12-9-22(18-26(25)31)20-33-16-13-23(14-17-33)28(19-21-6-2-1-3-7-21)34(24-10-11-24)29(35)27-8-4-5-15-32-27/h1-9,12,15,18,23-24,28H,10-11,13-14,16-17,19-20H2/t28-/m1/s1. The van der Waals surface area contributed by atoms with Crippen LogP contribution in [0, 0.1) is 17.6 Å². The molecule has 1 amide bonds. The summed E-state index contributed by atoms with van der Waals surface area (Å²) in [5.74, 6) is -1.22. The minimum atomic E-state index is -0.811. The van der Waals surface area contributed by atoms with E-state index < -0.39 is 11.6 Å². The number of nitrogens with zero attached hydrogens (tertiary/aromatic N) is 3. The van der Waals surface area contributed by atoms with Gasteiger partial charge in [-0.15, -0.1) is 0 Å². The number of likely N-dealkylation sites (tertiary alicyclic amines) is 1. The van der Waals surface area contributed by atoms with Crippen molar-refractivity contribution in [3.63, 3.8) is 0 Å². The van der Waals surface area contributed by atoms with Gasteiger partial charge in [0.2, 0.25) is 0 Å². The highest BCUT2D eigenvalue weighted by molar-refractivity contribution is 5.93. The first-order valence-electron chi connectivity index (χ1n) is 12.5. The Morgan fingerprint density at radius 1 is 0.914 bits per heavy atom. The fourth-order valence-electron chi connectivity index (χ4n) is 5.30. The molecule has 35 heavy (non-hydrogen) atoms. The molecule has 1 aromatic heterocycles. The van der Waals surface area contributed by atoms with Crippen molar-refractivity contribution < 1.29 is 13.6 Å². The van der Waals surface area contributed by atoms with Crippen LogP contribution in [-0.4, -0.2) is 45.9 Å². The third-order valence-corrected chi connectivity index (χ3v) is 7.27. The number of pyridine rings is 1. The Kier molecular flexibility index (Phi) is 7.19. The van der Waals surface area contributed by atoms with Gasteiger partial charge in [0.25, 0.3) is 5.91 Å². The first-order chi connectivity index (χ1) is 17.1. The monoisotopic (exact) mass is 475 g/mol. The fourth-order valence-corrected chi connectivity index (χ4v) is 5.30. The van der Waals surface area contributed by atoms with E-state index in [4.69, 9.17) is 0 Å². The average Bonchev–Trinajstić information content (AvgIpc) is 3.73. The highest BCUT2D eigenvalue weighted by Gasteiger charge is 2.42. The predicted octanol–water partition coefficient (Wildman–Crippen LogP) is 5.49. The number of amides is 1. The molecule has 2 aromatic carbocycles. The lowest BCUT2D eigenvalue weighted by Gasteiger charge is -2.42. The van der Waals surface area contributed by atoms with Crippen molar-refractivity contribution in [1.82, 2.24) is 14.8 Å². The lowest BCUT2D eigenvalue weighted by molar-refractivity contribution is 0.0477. The average molecular weight is 476 g/mol. The van der Waals surface area contributed by atoms with Crippen molar-refractivity contribution in [2.45, 2.75) is 50.7 Å². The van der Waals surface area contributed by atoms with Crippen LogP contribution < -0.4 is 0 Å². The Morgan fingerprint density at radius 3 is 2.31 bits per heavy atom. The second-order valence-electron chi connectivity index (χ2n) is 9.78. The first-order valence-corrected chi connectivity index (χ1v) is 12.5. The summed E-state index contributed by atoms with van der Waals surface area (Å²) in [5, 5.41) is 0. The van der Waals surface area contributed by atoms with Gasteiger partial charge in [0, 0.05) is 24.8 Å². The van der Waals surface area contributed by atoms with Crippen LogP contribution in [0.1, 0.15) is 47.3 Å². The predicted molar refractivity (Wildman–Crippen MR) is 132 cm³/mol. The summed E-state index contributed by atoms with van der Waals surface area (Å²) >= 11 is 0. The molecule has 5 rings (SSSR count). The van der Waals surface area contributed by atoms with Crippen molar-refractivity contribution in [3.05, 3.63) is 101 Å². The number of piperidine rings is 1. The zero-order chi connectivity index (χ0) is 24.2. The number of halogens is 2. The smallest absolute Gasteiger partial charge is 0.272 e. The lowest BCUT2D eigenvalue weighted by atomic mass is 9.84. The summed E-state index contributed by atoms with van der Waals surface area (Å²) in [7, 11) is 0. The van der Waals surface area contributed by atoms with E-state index in [1.807, 2.05) is 24.3 Å². The van der Waals surface area contributed by atoms with Crippen molar-refractivity contribution in [1.29, 1.82) is 0 Å². The lowest BCUT2D eigenvalue weighted by Crippen LogP contribution is -2.50. The zero-order valence-corrected chi connectivity index (χ0v) is 19.8. The third kappa shape index (κ3) is 5.76. The van der Waals surface area contributed by atoms with Crippen molar-refractivity contribution >= 4 is 5.91 Å². The van der Waals surface area contributed by atoms with Gasteiger partial charge >= 0.3 is 0 Å². The maximum atomic E-state index is 13.7. The zero-order valence-electron chi connectivity index (χ0n) is 19.8. The van der Waals surface area contributed by atoms with E-state index in [-0.39, 0.29) is 18.0 Å². The van der Waals surface area contributed by atoms with E-state index in [2.05, 4.69) is 39.0 Å². The molecule has 1 aliphatic heterocycles. The molecule has 2 fully saturated rings. The number of hydrogen-bond donors (Lipinski definition) is 0. The van der Waals surface area contributed by atoms with Gasteiger partial charge in [-0.1, -0.05) is 42.5 Å². The molecule has 2 heterocycles. The Labute approximate surface area is 205 Å². The minimum absolute atomic E-state index is 0.0262. The molecular weight excluding hydrogens is 444 g/mol. The number of benzene rings is 2. The molecule has 0 bridgehead atoms. The number of hydrogen-bond acceptors (Lipinski definition) is 3.